The molecule has 1 rings (SSSR count). The predicted octanol–water partition coefficient (Wildman–Crippen LogP) is 0.939. The van der Waals surface area contributed by atoms with Gasteiger partial charge in [0.25, 0.3) is 10.0 Å². The fourth-order valence-corrected chi connectivity index (χ4v) is 3.73. The van der Waals surface area contributed by atoms with Crippen molar-refractivity contribution in [3.63, 3.8) is 0 Å². The highest BCUT2D eigenvalue weighted by atomic mass is 32.2. The molecule has 0 aliphatic heterocycles. The topological polar surface area (TPSA) is 86.9 Å². The summed E-state index contributed by atoms with van der Waals surface area (Å²) >= 11 is 1.60. The van der Waals surface area contributed by atoms with Crippen molar-refractivity contribution < 1.29 is 8.42 Å². The van der Waals surface area contributed by atoms with Crippen LogP contribution in [0.15, 0.2) is 11.2 Å². The van der Waals surface area contributed by atoms with Gasteiger partial charge in [-0.2, -0.15) is 16.9 Å². The lowest BCUT2D eigenvalue weighted by Crippen LogP contribution is -2.35. The van der Waals surface area contributed by atoms with Crippen LogP contribution in [0.25, 0.3) is 0 Å². The Bertz CT molecular complexity index is 473. The summed E-state index contributed by atoms with van der Waals surface area (Å²) in [5, 5.41) is 9.73. The zero-order valence-electron chi connectivity index (χ0n) is 11.6. The van der Waals surface area contributed by atoms with E-state index in [0.29, 0.717) is 12.1 Å². The maximum atomic E-state index is 12.2. The highest BCUT2D eigenvalue weighted by molar-refractivity contribution is 7.98. The quantitative estimate of drug-likeness (QED) is 0.591. The molecular formula is C11H22N4O2S2. The first-order valence-corrected chi connectivity index (χ1v) is 9.13. The molecule has 8 heteroatoms. The van der Waals surface area contributed by atoms with Crippen LogP contribution in [0.5, 0.6) is 0 Å². The Morgan fingerprint density at radius 3 is 2.89 bits per heavy atom. The van der Waals surface area contributed by atoms with E-state index in [1.54, 1.807) is 18.0 Å². The summed E-state index contributed by atoms with van der Waals surface area (Å²) < 4.78 is 27.1. The number of H-pyrrole nitrogens is 1. The standard InChI is InChI=1S/C11H22N4O2S2/c1-4-5-12-6-10-7-13-14-11(10)19(16,17)15-9(2)8-18-3/h7,9,12,15H,4-6,8H2,1-3H3,(H,13,14). The second kappa shape index (κ2) is 7.88. The third-order valence-corrected chi connectivity index (χ3v) is 4.90. The minimum absolute atomic E-state index is 0.111. The fraction of sp³-hybridized carbons (Fsp3) is 0.727. The molecule has 0 aliphatic carbocycles. The average Bonchev–Trinajstić information content (AvgIpc) is 2.78. The van der Waals surface area contributed by atoms with Crippen LogP contribution in [0.1, 0.15) is 25.8 Å². The molecular weight excluding hydrogens is 284 g/mol. The van der Waals surface area contributed by atoms with Crippen LogP contribution in [0, 0.1) is 0 Å². The van der Waals surface area contributed by atoms with Crippen molar-refractivity contribution in [2.75, 3.05) is 18.6 Å². The summed E-state index contributed by atoms with van der Waals surface area (Å²) in [5.74, 6) is 0.733. The summed E-state index contributed by atoms with van der Waals surface area (Å²) in [6, 6.07) is -0.111. The third kappa shape index (κ3) is 5.13. The summed E-state index contributed by atoms with van der Waals surface area (Å²) in [4.78, 5) is 0. The first-order chi connectivity index (χ1) is 9.01. The van der Waals surface area contributed by atoms with Crippen LogP contribution in [-0.2, 0) is 16.6 Å². The molecule has 0 fully saturated rings. The molecule has 0 saturated heterocycles. The molecule has 3 N–H and O–H groups in total. The molecule has 1 aromatic heterocycles. The van der Waals surface area contributed by atoms with Crippen molar-refractivity contribution in [1.82, 2.24) is 20.2 Å². The van der Waals surface area contributed by atoms with Gasteiger partial charge in [-0.25, -0.2) is 13.1 Å². The van der Waals surface area contributed by atoms with Gasteiger partial charge in [-0.3, -0.25) is 5.10 Å². The molecule has 1 unspecified atom stereocenters. The van der Waals surface area contributed by atoms with Gasteiger partial charge in [-0.05, 0) is 26.1 Å². The summed E-state index contributed by atoms with van der Waals surface area (Å²) in [6.45, 7) is 5.25. The number of nitrogens with zero attached hydrogens (tertiary/aromatic N) is 1. The average molecular weight is 306 g/mol. The van der Waals surface area contributed by atoms with Crippen LogP contribution in [0.3, 0.4) is 0 Å². The van der Waals surface area contributed by atoms with Gasteiger partial charge in [0, 0.05) is 23.9 Å². The molecule has 0 bridgehead atoms. The van der Waals surface area contributed by atoms with Gasteiger partial charge < -0.3 is 5.32 Å². The molecule has 1 heterocycles. The molecule has 1 atom stereocenters. The fourth-order valence-electron chi connectivity index (χ4n) is 1.67. The van der Waals surface area contributed by atoms with E-state index in [2.05, 4.69) is 27.2 Å². The second-order valence-electron chi connectivity index (χ2n) is 4.38. The Morgan fingerprint density at radius 2 is 2.26 bits per heavy atom. The second-order valence-corrected chi connectivity index (χ2v) is 6.94. The number of hydrogen-bond donors (Lipinski definition) is 3. The number of rotatable bonds is 9. The number of aromatic nitrogens is 2. The van der Waals surface area contributed by atoms with E-state index in [1.807, 2.05) is 13.2 Å². The van der Waals surface area contributed by atoms with Crippen molar-refractivity contribution in [1.29, 1.82) is 0 Å². The van der Waals surface area contributed by atoms with Crippen molar-refractivity contribution in [2.45, 2.75) is 37.9 Å². The number of hydrogen-bond acceptors (Lipinski definition) is 5. The van der Waals surface area contributed by atoms with Crippen LogP contribution >= 0.6 is 11.8 Å². The molecule has 19 heavy (non-hydrogen) atoms. The number of thioether (sulfide) groups is 1. The van der Waals surface area contributed by atoms with E-state index in [0.717, 1.165) is 18.7 Å². The summed E-state index contributed by atoms with van der Waals surface area (Å²) in [5.41, 5.74) is 0.664. The molecule has 0 amide bonds. The highest BCUT2D eigenvalue weighted by Crippen LogP contribution is 2.12. The zero-order valence-corrected chi connectivity index (χ0v) is 13.2. The van der Waals surface area contributed by atoms with Gasteiger partial charge in [-0.1, -0.05) is 6.92 Å². The van der Waals surface area contributed by atoms with Gasteiger partial charge in [0.1, 0.15) is 0 Å². The minimum Gasteiger partial charge on any atom is -0.313 e. The lowest BCUT2D eigenvalue weighted by Gasteiger charge is -2.13. The first kappa shape index (κ1) is 16.5. The summed E-state index contributed by atoms with van der Waals surface area (Å²) in [6.07, 6.45) is 4.50. The molecule has 110 valence electrons. The molecule has 0 spiro atoms. The monoisotopic (exact) mass is 306 g/mol. The molecule has 0 saturated carbocycles. The lowest BCUT2D eigenvalue weighted by atomic mass is 10.3. The van der Waals surface area contributed by atoms with Crippen molar-refractivity contribution >= 4 is 21.8 Å². The van der Waals surface area contributed by atoms with E-state index in [-0.39, 0.29) is 11.1 Å². The van der Waals surface area contributed by atoms with Gasteiger partial charge in [-0.15, -0.1) is 0 Å². The van der Waals surface area contributed by atoms with Crippen LogP contribution in [-0.4, -0.2) is 43.2 Å². The molecule has 1 aromatic rings. The van der Waals surface area contributed by atoms with E-state index < -0.39 is 10.0 Å². The van der Waals surface area contributed by atoms with E-state index in [4.69, 9.17) is 0 Å². The smallest absolute Gasteiger partial charge is 0.258 e. The van der Waals surface area contributed by atoms with E-state index in [1.165, 1.54) is 0 Å². The maximum absolute atomic E-state index is 12.2. The maximum Gasteiger partial charge on any atom is 0.258 e. The van der Waals surface area contributed by atoms with Crippen molar-refractivity contribution in [3.8, 4) is 0 Å². The Hall–Kier alpha value is -0.570. The molecule has 6 nitrogen and oxygen atoms in total. The normalized spacial score (nSPS) is 13.6. The van der Waals surface area contributed by atoms with Gasteiger partial charge >= 0.3 is 0 Å². The number of aromatic amines is 1. The van der Waals surface area contributed by atoms with E-state index >= 15 is 0 Å². The van der Waals surface area contributed by atoms with Crippen molar-refractivity contribution in [2.24, 2.45) is 0 Å². The largest absolute Gasteiger partial charge is 0.313 e. The Balaban J connectivity index is 2.75. The van der Waals surface area contributed by atoms with E-state index in [9.17, 15) is 8.42 Å². The minimum atomic E-state index is -3.53. The zero-order chi connectivity index (χ0) is 14.3. The van der Waals surface area contributed by atoms with Gasteiger partial charge in [0.2, 0.25) is 0 Å². The van der Waals surface area contributed by atoms with Crippen LogP contribution < -0.4 is 10.0 Å². The van der Waals surface area contributed by atoms with Crippen molar-refractivity contribution in [3.05, 3.63) is 11.8 Å². The summed E-state index contributed by atoms with van der Waals surface area (Å²) in [7, 11) is -3.53. The number of nitrogens with one attached hydrogen (secondary N) is 3. The Morgan fingerprint density at radius 1 is 1.53 bits per heavy atom. The Labute approximate surface area is 119 Å². The Kier molecular flexibility index (Phi) is 6.84. The SMILES string of the molecule is CCCNCc1cn[nH]c1S(=O)(=O)NC(C)CSC. The first-order valence-electron chi connectivity index (χ1n) is 6.25. The molecule has 0 aliphatic rings. The number of sulfonamides is 1. The highest BCUT2D eigenvalue weighted by Gasteiger charge is 2.22. The van der Waals surface area contributed by atoms with Crippen LogP contribution in [0.2, 0.25) is 0 Å². The molecule has 0 aromatic carbocycles. The predicted molar refractivity (Wildman–Crippen MR) is 78.8 cm³/mol. The third-order valence-electron chi connectivity index (χ3n) is 2.46. The van der Waals surface area contributed by atoms with Crippen LogP contribution in [0.4, 0.5) is 0 Å². The lowest BCUT2D eigenvalue weighted by molar-refractivity contribution is 0.563. The molecule has 0 radical (unpaired) electrons. The van der Waals surface area contributed by atoms with Gasteiger partial charge in [0.05, 0.1) is 6.20 Å². The van der Waals surface area contributed by atoms with Gasteiger partial charge in [0.15, 0.2) is 5.03 Å².